The summed E-state index contributed by atoms with van der Waals surface area (Å²) in [5, 5.41) is 3.08. The van der Waals surface area contributed by atoms with Crippen LogP contribution in [0.1, 0.15) is 34.5 Å². The molecule has 0 spiro atoms. The molecule has 25 heavy (non-hydrogen) atoms. The molecule has 1 N–H and O–H groups in total. The third-order valence-electron chi connectivity index (χ3n) is 5.06. The van der Waals surface area contributed by atoms with Crippen molar-refractivity contribution in [2.45, 2.75) is 25.7 Å². The Morgan fingerprint density at radius 1 is 1.36 bits per heavy atom. The highest BCUT2D eigenvalue weighted by atomic mass is 16.5. The van der Waals surface area contributed by atoms with Crippen LogP contribution in [0.25, 0.3) is 0 Å². The maximum absolute atomic E-state index is 12.7. The van der Waals surface area contributed by atoms with Crippen LogP contribution in [0.15, 0.2) is 6.07 Å². The third-order valence-corrected chi connectivity index (χ3v) is 5.06. The molecule has 0 aromatic carbocycles. The van der Waals surface area contributed by atoms with Gasteiger partial charge in [-0.25, -0.2) is 4.98 Å². The van der Waals surface area contributed by atoms with Crippen LogP contribution >= 0.6 is 0 Å². The fourth-order valence-electron chi connectivity index (χ4n) is 3.28. The fourth-order valence-corrected chi connectivity index (χ4v) is 3.28. The number of methoxy groups -OCH3 is 1. The quantitative estimate of drug-likeness (QED) is 0.807. The second-order valence-corrected chi connectivity index (χ2v) is 7.35. The first-order valence-corrected chi connectivity index (χ1v) is 9.28. The molecule has 138 valence electrons. The summed E-state index contributed by atoms with van der Waals surface area (Å²) in [6, 6.07) is 2.07. The fraction of sp³-hybridized carbons (Fsp3) is 0.684. The molecule has 0 bridgehead atoms. The van der Waals surface area contributed by atoms with E-state index < -0.39 is 0 Å². The Bertz CT molecular complexity index is 614. The normalized spacial score (nSPS) is 17.7. The van der Waals surface area contributed by atoms with E-state index in [1.165, 1.54) is 18.4 Å². The number of carbonyl (C=O) groups is 1. The molecule has 1 amide bonds. The topological polar surface area (TPSA) is 57.7 Å². The molecular weight excluding hydrogens is 316 g/mol. The standard InChI is InChI=1S/C19H30N4O2/c1-22(2)18-16(19(24)20-13-14-4-5-14)12-15-6-8-23(10-11-25-3)9-7-17(15)21-18/h12,14H,4-11,13H2,1-3H3,(H,20,24). The van der Waals surface area contributed by atoms with E-state index in [0.29, 0.717) is 11.5 Å². The van der Waals surface area contributed by atoms with Crippen LogP contribution in [0.5, 0.6) is 0 Å². The number of aromatic nitrogens is 1. The van der Waals surface area contributed by atoms with Gasteiger partial charge in [-0.3, -0.25) is 4.79 Å². The molecule has 0 saturated heterocycles. The molecule has 1 aromatic rings. The number of carbonyl (C=O) groups excluding carboxylic acids is 1. The van der Waals surface area contributed by atoms with Gasteiger partial charge < -0.3 is 19.9 Å². The van der Waals surface area contributed by atoms with Gasteiger partial charge in [0, 0.05) is 59.5 Å². The molecular formula is C19H30N4O2. The van der Waals surface area contributed by atoms with Gasteiger partial charge in [0.15, 0.2) is 0 Å². The SMILES string of the molecule is COCCN1CCc2cc(C(=O)NCC3CC3)c(N(C)C)nc2CC1. The zero-order chi connectivity index (χ0) is 17.8. The summed E-state index contributed by atoms with van der Waals surface area (Å²) in [5.74, 6) is 1.46. The Morgan fingerprint density at radius 2 is 2.12 bits per heavy atom. The molecule has 0 unspecified atom stereocenters. The van der Waals surface area contributed by atoms with Gasteiger partial charge in [0.25, 0.3) is 5.91 Å². The first-order valence-electron chi connectivity index (χ1n) is 9.28. The second-order valence-electron chi connectivity index (χ2n) is 7.35. The largest absolute Gasteiger partial charge is 0.383 e. The van der Waals surface area contributed by atoms with E-state index in [2.05, 4.69) is 16.3 Å². The Balaban J connectivity index is 1.77. The third kappa shape index (κ3) is 4.70. The van der Waals surface area contributed by atoms with Crippen molar-refractivity contribution in [2.24, 2.45) is 5.92 Å². The van der Waals surface area contributed by atoms with Crippen molar-refractivity contribution in [3.63, 3.8) is 0 Å². The van der Waals surface area contributed by atoms with Gasteiger partial charge in [-0.2, -0.15) is 0 Å². The van der Waals surface area contributed by atoms with Crippen molar-refractivity contribution >= 4 is 11.7 Å². The van der Waals surface area contributed by atoms with Crippen molar-refractivity contribution in [3.05, 3.63) is 22.9 Å². The maximum atomic E-state index is 12.7. The number of nitrogens with one attached hydrogen (secondary N) is 1. The minimum Gasteiger partial charge on any atom is -0.383 e. The Labute approximate surface area is 150 Å². The van der Waals surface area contributed by atoms with Crippen molar-refractivity contribution in [3.8, 4) is 0 Å². The number of nitrogens with zero attached hydrogens (tertiary/aromatic N) is 3. The lowest BCUT2D eigenvalue weighted by atomic mass is 10.0. The molecule has 1 fully saturated rings. The molecule has 1 aliphatic carbocycles. The summed E-state index contributed by atoms with van der Waals surface area (Å²) in [5.41, 5.74) is 3.04. The summed E-state index contributed by atoms with van der Waals surface area (Å²) in [6.45, 7) is 4.46. The summed E-state index contributed by atoms with van der Waals surface area (Å²) in [7, 11) is 5.64. The lowest BCUT2D eigenvalue weighted by Crippen LogP contribution is -2.29. The van der Waals surface area contributed by atoms with Crippen molar-refractivity contribution in [2.75, 3.05) is 58.9 Å². The molecule has 6 heteroatoms. The minimum atomic E-state index is 0.00591. The second kappa shape index (κ2) is 8.15. The minimum absolute atomic E-state index is 0.00591. The average molecular weight is 346 g/mol. The molecule has 0 radical (unpaired) electrons. The number of fused-ring (bicyclic) bond motifs is 1. The van der Waals surface area contributed by atoms with Gasteiger partial charge >= 0.3 is 0 Å². The van der Waals surface area contributed by atoms with E-state index >= 15 is 0 Å². The van der Waals surface area contributed by atoms with E-state index in [9.17, 15) is 4.79 Å². The van der Waals surface area contributed by atoms with Gasteiger partial charge in [-0.05, 0) is 36.8 Å². The molecule has 6 nitrogen and oxygen atoms in total. The molecule has 2 aliphatic rings. The van der Waals surface area contributed by atoms with E-state index in [4.69, 9.17) is 9.72 Å². The molecule has 0 atom stereocenters. The van der Waals surface area contributed by atoms with Crippen LogP contribution < -0.4 is 10.2 Å². The summed E-state index contributed by atoms with van der Waals surface area (Å²) in [4.78, 5) is 21.9. The Kier molecular flexibility index (Phi) is 5.91. The predicted octanol–water partition coefficient (Wildman–Crippen LogP) is 1.33. The molecule has 2 heterocycles. The number of anilines is 1. The maximum Gasteiger partial charge on any atom is 0.255 e. The summed E-state index contributed by atoms with van der Waals surface area (Å²) in [6.07, 6.45) is 4.33. The number of rotatable bonds is 7. The lowest BCUT2D eigenvalue weighted by molar-refractivity contribution is 0.0952. The van der Waals surface area contributed by atoms with Crippen LogP contribution in [-0.2, 0) is 17.6 Å². The number of pyridine rings is 1. The van der Waals surface area contributed by atoms with Gasteiger partial charge in [0.1, 0.15) is 5.82 Å². The van der Waals surface area contributed by atoms with Gasteiger partial charge in [0.05, 0.1) is 12.2 Å². The number of hydrogen-bond acceptors (Lipinski definition) is 5. The molecule has 1 aromatic heterocycles. The summed E-state index contributed by atoms with van der Waals surface area (Å²) >= 11 is 0. The van der Waals surface area contributed by atoms with Crippen LogP contribution in [0, 0.1) is 5.92 Å². The zero-order valence-corrected chi connectivity index (χ0v) is 15.7. The smallest absolute Gasteiger partial charge is 0.255 e. The molecule has 3 rings (SSSR count). The highest BCUT2D eigenvalue weighted by Crippen LogP contribution is 2.28. The zero-order valence-electron chi connectivity index (χ0n) is 15.7. The Hall–Kier alpha value is -1.66. The number of hydrogen-bond donors (Lipinski definition) is 1. The average Bonchev–Trinajstić information content (AvgIpc) is 3.43. The summed E-state index contributed by atoms with van der Waals surface area (Å²) < 4.78 is 5.20. The highest BCUT2D eigenvalue weighted by Gasteiger charge is 2.25. The Morgan fingerprint density at radius 3 is 2.80 bits per heavy atom. The van der Waals surface area contributed by atoms with E-state index in [-0.39, 0.29) is 5.91 Å². The van der Waals surface area contributed by atoms with Gasteiger partial charge in [0.2, 0.25) is 0 Å². The highest BCUT2D eigenvalue weighted by molar-refractivity contribution is 5.99. The van der Waals surface area contributed by atoms with Crippen LogP contribution in [0.2, 0.25) is 0 Å². The van der Waals surface area contributed by atoms with Gasteiger partial charge in [-0.15, -0.1) is 0 Å². The number of ether oxygens (including phenoxy) is 1. The van der Waals surface area contributed by atoms with Crippen LogP contribution in [0.3, 0.4) is 0 Å². The monoisotopic (exact) mass is 346 g/mol. The first-order chi connectivity index (χ1) is 12.1. The van der Waals surface area contributed by atoms with E-state index in [0.717, 1.165) is 57.1 Å². The van der Waals surface area contributed by atoms with Crippen LogP contribution in [0.4, 0.5) is 5.82 Å². The molecule has 1 saturated carbocycles. The van der Waals surface area contributed by atoms with Crippen LogP contribution in [-0.4, -0.2) is 69.8 Å². The van der Waals surface area contributed by atoms with E-state index in [1.54, 1.807) is 7.11 Å². The number of amides is 1. The first kappa shape index (κ1) is 18.1. The van der Waals surface area contributed by atoms with Crippen molar-refractivity contribution < 1.29 is 9.53 Å². The lowest BCUT2D eigenvalue weighted by Gasteiger charge is -2.19. The van der Waals surface area contributed by atoms with Crippen molar-refractivity contribution in [1.82, 2.24) is 15.2 Å². The predicted molar refractivity (Wildman–Crippen MR) is 99.3 cm³/mol. The van der Waals surface area contributed by atoms with E-state index in [1.807, 2.05) is 19.0 Å². The molecule has 1 aliphatic heterocycles. The van der Waals surface area contributed by atoms with Gasteiger partial charge in [-0.1, -0.05) is 0 Å². The van der Waals surface area contributed by atoms with Crippen molar-refractivity contribution in [1.29, 1.82) is 0 Å².